The van der Waals surface area contributed by atoms with E-state index in [9.17, 15) is 0 Å². The molecule has 3 heterocycles. The van der Waals surface area contributed by atoms with Gasteiger partial charge in [0.1, 0.15) is 5.82 Å². The van der Waals surface area contributed by atoms with Crippen molar-refractivity contribution < 1.29 is 0 Å². The van der Waals surface area contributed by atoms with E-state index in [0.717, 1.165) is 44.7 Å². The first-order valence-corrected chi connectivity index (χ1v) is 19.4. The summed E-state index contributed by atoms with van der Waals surface area (Å²) in [6, 6.07) is 78.0. The van der Waals surface area contributed by atoms with Crippen molar-refractivity contribution in [1.82, 2.24) is 19.1 Å². The van der Waals surface area contributed by atoms with Crippen molar-refractivity contribution in [2.75, 3.05) is 0 Å². The summed E-state index contributed by atoms with van der Waals surface area (Å²) in [6.45, 7) is 0. The zero-order valence-electron chi connectivity index (χ0n) is 31.1. The average Bonchev–Trinajstić information content (AvgIpc) is 3.81. The highest BCUT2D eigenvalue weighted by Crippen LogP contribution is 2.46. The molecule has 0 N–H and O–H groups in total. The summed E-state index contributed by atoms with van der Waals surface area (Å²) in [6.07, 6.45) is 0. The Hall–Kier alpha value is -7.56. The Morgan fingerprint density at radius 1 is 0.316 bits per heavy atom. The molecule has 0 radical (unpaired) electrons. The second-order valence-electron chi connectivity index (χ2n) is 14.6. The molecule has 0 aliphatic rings. The van der Waals surface area contributed by atoms with Gasteiger partial charge in [0.25, 0.3) is 0 Å². The molecule has 0 aliphatic carbocycles. The molecular formula is C53H36N4. The average molecular weight is 729 g/mol. The lowest BCUT2D eigenvalue weighted by molar-refractivity contribution is 0.745. The van der Waals surface area contributed by atoms with Crippen LogP contribution in [-0.2, 0) is 5.41 Å². The van der Waals surface area contributed by atoms with E-state index in [2.05, 4.69) is 228 Å². The second kappa shape index (κ2) is 13.3. The maximum atomic E-state index is 5.50. The van der Waals surface area contributed by atoms with E-state index in [1.165, 1.54) is 38.2 Å². The number of benzene rings is 8. The molecule has 0 unspecified atom stereocenters. The van der Waals surface area contributed by atoms with Gasteiger partial charge in [-0.15, -0.1) is 0 Å². The molecule has 0 bridgehead atoms. The molecule has 268 valence electrons. The fraction of sp³-hybridized carbons (Fsp3) is 0.0189. The summed E-state index contributed by atoms with van der Waals surface area (Å²) in [5.41, 5.74) is 10.3. The van der Waals surface area contributed by atoms with E-state index in [1.807, 2.05) is 0 Å². The molecular weight excluding hydrogens is 693 g/mol. The van der Waals surface area contributed by atoms with Crippen molar-refractivity contribution in [3.63, 3.8) is 0 Å². The highest BCUT2D eigenvalue weighted by Gasteiger charge is 2.38. The summed E-state index contributed by atoms with van der Waals surface area (Å²) in [5.74, 6) is 1.42. The van der Waals surface area contributed by atoms with Crippen LogP contribution in [0.25, 0.3) is 66.6 Å². The lowest BCUT2D eigenvalue weighted by Gasteiger charge is -2.37. The maximum Gasteiger partial charge on any atom is 0.237 e. The van der Waals surface area contributed by atoms with Crippen LogP contribution in [0.4, 0.5) is 0 Å². The fourth-order valence-corrected chi connectivity index (χ4v) is 9.07. The number of aromatic nitrogens is 4. The monoisotopic (exact) mass is 728 g/mol. The van der Waals surface area contributed by atoms with Gasteiger partial charge >= 0.3 is 0 Å². The summed E-state index contributed by atoms with van der Waals surface area (Å²) in [4.78, 5) is 11.0. The first-order valence-electron chi connectivity index (χ1n) is 19.4. The Kier molecular flexibility index (Phi) is 7.68. The Morgan fingerprint density at radius 2 is 0.702 bits per heavy atom. The van der Waals surface area contributed by atoms with Crippen LogP contribution in [0.5, 0.6) is 0 Å². The summed E-state index contributed by atoms with van der Waals surface area (Å²) >= 11 is 0. The van der Waals surface area contributed by atoms with Gasteiger partial charge in [-0.25, -0.2) is 4.98 Å². The molecule has 11 aromatic rings. The molecule has 11 rings (SSSR count). The lowest BCUT2D eigenvalue weighted by Crippen LogP contribution is -2.31. The predicted octanol–water partition coefficient (Wildman–Crippen LogP) is 12.7. The molecule has 0 saturated carbocycles. The smallest absolute Gasteiger partial charge is 0.237 e. The predicted molar refractivity (Wildman–Crippen MR) is 234 cm³/mol. The van der Waals surface area contributed by atoms with E-state index in [0.29, 0.717) is 5.95 Å². The SMILES string of the molecule is c1ccc(C(c2ccccc2)(c2ccccc2)c2cccc(-c3cc(-n4c5ccccc5c5ccccc54)nc(-n4c5ccccc5c5ccccc54)n3)c2)cc1. The zero-order chi connectivity index (χ0) is 37.8. The van der Waals surface area contributed by atoms with Crippen LogP contribution < -0.4 is 0 Å². The Bertz CT molecular complexity index is 2900. The van der Waals surface area contributed by atoms with Crippen LogP contribution in [0.2, 0.25) is 0 Å². The zero-order valence-corrected chi connectivity index (χ0v) is 31.1. The third-order valence-electron chi connectivity index (χ3n) is 11.5. The van der Waals surface area contributed by atoms with Gasteiger partial charge in [0.05, 0.1) is 33.2 Å². The molecule has 0 aliphatic heterocycles. The van der Waals surface area contributed by atoms with Gasteiger partial charge in [-0.05, 0) is 52.6 Å². The number of nitrogens with zero attached hydrogens (tertiary/aromatic N) is 4. The number of rotatable bonds is 7. The molecule has 4 nitrogen and oxygen atoms in total. The molecule has 4 heteroatoms. The molecule has 3 aromatic heterocycles. The van der Waals surface area contributed by atoms with Gasteiger partial charge in [-0.3, -0.25) is 9.13 Å². The molecule has 57 heavy (non-hydrogen) atoms. The van der Waals surface area contributed by atoms with Crippen molar-refractivity contribution in [3.05, 3.63) is 241 Å². The van der Waals surface area contributed by atoms with Crippen LogP contribution in [0.1, 0.15) is 22.3 Å². The van der Waals surface area contributed by atoms with Crippen LogP contribution in [-0.4, -0.2) is 19.1 Å². The first-order chi connectivity index (χ1) is 28.3. The van der Waals surface area contributed by atoms with E-state index >= 15 is 0 Å². The van der Waals surface area contributed by atoms with Gasteiger partial charge in [0.2, 0.25) is 5.95 Å². The Balaban J connectivity index is 1.22. The summed E-state index contributed by atoms with van der Waals surface area (Å²) < 4.78 is 4.51. The third-order valence-corrected chi connectivity index (χ3v) is 11.5. The van der Waals surface area contributed by atoms with Gasteiger partial charge in [0, 0.05) is 33.2 Å². The molecule has 0 spiro atoms. The number of hydrogen-bond acceptors (Lipinski definition) is 2. The van der Waals surface area contributed by atoms with Crippen LogP contribution in [0.15, 0.2) is 218 Å². The Morgan fingerprint density at radius 3 is 1.16 bits per heavy atom. The van der Waals surface area contributed by atoms with Crippen LogP contribution in [0, 0.1) is 0 Å². The van der Waals surface area contributed by atoms with E-state index in [1.54, 1.807) is 0 Å². The highest BCUT2D eigenvalue weighted by molar-refractivity contribution is 6.10. The van der Waals surface area contributed by atoms with Crippen LogP contribution >= 0.6 is 0 Å². The van der Waals surface area contributed by atoms with E-state index in [-0.39, 0.29) is 0 Å². The minimum Gasteiger partial charge on any atom is -0.294 e. The van der Waals surface area contributed by atoms with Crippen LogP contribution in [0.3, 0.4) is 0 Å². The minimum absolute atomic E-state index is 0.599. The van der Waals surface area contributed by atoms with Gasteiger partial charge in [0.15, 0.2) is 0 Å². The molecule has 0 fully saturated rings. The quantitative estimate of drug-likeness (QED) is 0.153. The standard InChI is InChI=1S/C53H36N4/c1-4-20-38(21-5-1)53(39-22-6-2-7-23-39,40-24-8-3-9-25-40)41-26-18-19-37(35-41)46-36-51(56-47-31-14-10-27-42(47)43-28-11-15-32-48(43)56)55-52(54-46)57-49-33-16-12-29-44(49)45-30-13-17-34-50(45)57/h1-36H. The summed E-state index contributed by atoms with van der Waals surface area (Å²) in [5, 5.41) is 4.71. The maximum absolute atomic E-state index is 5.50. The number of hydrogen-bond donors (Lipinski definition) is 0. The lowest BCUT2D eigenvalue weighted by atomic mass is 9.65. The summed E-state index contributed by atoms with van der Waals surface area (Å²) in [7, 11) is 0. The highest BCUT2D eigenvalue weighted by atomic mass is 15.2. The first kappa shape index (κ1) is 32.8. The van der Waals surface area contributed by atoms with Gasteiger partial charge in [-0.1, -0.05) is 182 Å². The van der Waals surface area contributed by atoms with Crippen molar-refractivity contribution in [2.45, 2.75) is 5.41 Å². The second-order valence-corrected chi connectivity index (χ2v) is 14.6. The fourth-order valence-electron chi connectivity index (χ4n) is 9.07. The van der Waals surface area contributed by atoms with Crippen molar-refractivity contribution in [1.29, 1.82) is 0 Å². The topological polar surface area (TPSA) is 35.6 Å². The molecule has 0 saturated heterocycles. The van der Waals surface area contributed by atoms with Crippen molar-refractivity contribution >= 4 is 43.6 Å². The van der Waals surface area contributed by atoms with Gasteiger partial charge in [-0.2, -0.15) is 4.98 Å². The largest absolute Gasteiger partial charge is 0.294 e. The van der Waals surface area contributed by atoms with E-state index < -0.39 is 5.41 Å². The Labute approximate surface area is 330 Å². The van der Waals surface area contributed by atoms with Gasteiger partial charge < -0.3 is 0 Å². The minimum atomic E-state index is -0.599. The molecule has 0 atom stereocenters. The normalized spacial score (nSPS) is 11.9. The molecule has 0 amide bonds. The third kappa shape index (κ3) is 5.15. The van der Waals surface area contributed by atoms with Crippen molar-refractivity contribution in [3.8, 4) is 23.0 Å². The van der Waals surface area contributed by atoms with E-state index in [4.69, 9.17) is 9.97 Å². The number of para-hydroxylation sites is 4. The van der Waals surface area contributed by atoms with Crippen molar-refractivity contribution in [2.24, 2.45) is 0 Å². The number of fused-ring (bicyclic) bond motifs is 6. The molecule has 8 aromatic carbocycles.